The molecule has 0 saturated carbocycles. The number of hydrogen-bond donors (Lipinski definition) is 0. The number of hydrogen-bond acceptors (Lipinski definition) is 2. The Balaban J connectivity index is 2.28. The molecule has 0 aliphatic rings. The molecule has 0 aliphatic carbocycles. The minimum Gasteiger partial charge on any atom is -0.413 e. The van der Waals surface area contributed by atoms with Crippen molar-refractivity contribution in [3.8, 4) is 0 Å². The van der Waals surface area contributed by atoms with Crippen molar-refractivity contribution in [3.63, 3.8) is 0 Å². The highest BCUT2D eigenvalue weighted by Gasteiger charge is 2.40. The lowest BCUT2D eigenvalue weighted by molar-refractivity contribution is 0.0861. The van der Waals surface area contributed by atoms with Gasteiger partial charge in [0, 0.05) is 17.9 Å². The lowest BCUT2D eigenvalue weighted by Gasteiger charge is -2.41. The van der Waals surface area contributed by atoms with Gasteiger partial charge in [0.15, 0.2) is 14.1 Å². The van der Waals surface area contributed by atoms with E-state index in [1.165, 1.54) is 5.56 Å². The first-order valence-electron chi connectivity index (χ1n) is 9.43. The molecule has 2 atom stereocenters. The zero-order valence-corrected chi connectivity index (χ0v) is 18.0. The van der Waals surface area contributed by atoms with E-state index in [-0.39, 0.29) is 22.8 Å². The van der Waals surface area contributed by atoms with E-state index in [1.807, 2.05) is 48.5 Å². The van der Waals surface area contributed by atoms with Gasteiger partial charge in [0.1, 0.15) is 0 Å². The van der Waals surface area contributed by atoms with Crippen LogP contribution in [-0.2, 0) is 4.43 Å². The number of carbonyl (C=O) groups is 1. The SMILES string of the molecule is C[C@@H](c1ccccc1)[C@@H](CC(=O)c1ccccc1)O[Si](C)(C)C(C)(C)C. The topological polar surface area (TPSA) is 26.3 Å². The minimum absolute atomic E-state index is 0.109. The quantitative estimate of drug-likeness (QED) is 0.414. The summed E-state index contributed by atoms with van der Waals surface area (Å²) in [6, 6.07) is 19.9. The Morgan fingerprint density at radius 1 is 0.962 bits per heavy atom. The molecule has 2 aromatic rings. The first-order chi connectivity index (χ1) is 12.1. The maximum absolute atomic E-state index is 12.9. The molecular weight excluding hydrogens is 336 g/mol. The van der Waals surface area contributed by atoms with Gasteiger partial charge in [-0.15, -0.1) is 0 Å². The largest absolute Gasteiger partial charge is 0.413 e. The van der Waals surface area contributed by atoms with E-state index in [2.05, 4.69) is 52.9 Å². The van der Waals surface area contributed by atoms with Crippen molar-refractivity contribution in [2.45, 2.75) is 64.3 Å². The number of carbonyl (C=O) groups excluding carboxylic acids is 1. The summed E-state index contributed by atoms with van der Waals surface area (Å²) in [4.78, 5) is 12.9. The van der Waals surface area contributed by atoms with E-state index in [1.54, 1.807) is 0 Å². The molecule has 0 fully saturated rings. The Morgan fingerprint density at radius 3 is 1.96 bits per heavy atom. The third kappa shape index (κ3) is 5.15. The van der Waals surface area contributed by atoms with Crippen molar-refractivity contribution in [1.29, 1.82) is 0 Å². The summed E-state index contributed by atoms with van der Waals surface area (Å²) in [6.07, 6.45) is 0.290. The summed E-state index contributed by atoms with van der Waals surface area (Å²) in [5, 5.41) is 0.109. The van der Waals surface area contributed by atoms with Gasteiger partial charge in [0.25, 0.3) is 0 Å². The summed E-state index contributed by atoms with van der Waals surface area (Å²) in [5.41, 5.74) is 1.98. The van der Waals surface area contributed by atoms with Gasteiger partial charge in [-0.3, -0.25) is 4.79 Å². The van der Waals surface area contributed by atoms with Gasteiger partial charge in [-0.25, -0.2) is 0 Å². The molecule has 2 nitrogen and oxygen atoms in total. The Labute approximate surface area is 159 Å². The molecular formula is C23H32O2Si. The van der Waals surface area contributed by atoms with Crippen molar-refractivity contribution >= 4 is 14.1 Å². The van der Waals surface area contributed by atoms with E-state index in [0.717, 1.165) is 5.56 Å². The molecule has 0 bridgehead atoms. The summed E-state index contributed by atoms with van der Waals surface area (Å²) >= 11 is 0. The molecule has 140 valence electrons. The summed E-state index contributed by atoms with van der Waals surface area (Å²) < 4.78 is 6.73. The van der Waals surface area contributed by atoms with Crippen LogP contribution in [0.3, 0.4) is 0 Å². The molecule has 0 heterocycles. The third-order valence-electron chi connectivity index (χ3n) is 5.62. The van der Waals surface area contributed by atoms with Crippen LogP contribution in [0.1, 0.15) is 56.0 Å². The maximum Gasteiger partial charge on any atom is 0.192 e. The lowest BCUT2D eigenvalue weighted by atomic mass is 9.91. The normalized spacial score (nSPS) is 14.7. The summed E-state index contributed by atoms with van der Waals surface area (Å²) in [6.45, 7) is 13.4. The second-order valence-electron chi connectivity index (χ2n) is 8.61. The Bertz CT molecular complexity index is 702. The zero-order valence-electron chi connectivity index (χ0n) is 17.0. The molecule has 2 rings (SSSR count). The van der Waals surface area contributed by atoms with Gasteiger partial charge in [0.05, 0.1) is 6.10 Å². The van der Waals surface area contributed by atoms with Crippen molar-refractivity contribution in [2.75, 3.05) is 0 Å². The number of rotatable bonds is 7. The number of Topliss-reactive ketones (excluding diaryl/α,β-unsaturated/α-hetero) is 1. The molecule has 0 aromatic heterocycles. The molecule has 26 heavy (non-hydrogen) atoms. The van der Waals surface area contributed by atoms with E-state index < -0.39 is 8.32 Å². The van der Waals surface area contributed by atoms with Crippen LogP contribution in [0.25, 0.3) is 0 Å². The van der Waals surface area contributed by atoms with Crippen LogP contribution in [0.15, 0.2) is 60.7 Å². The first-order valence-corrected chi connectivity index (χ1v) is 12.3. The number of ketones is 1. The van der Waals surface area contributed by atoms with Gasteiger partial charge < -0.3 is 4.43 Å². The summed E-state index contributed by atoms with van der Waals surface area (Å²) in [7, 11) is -1.98. The molecule has 0 radical (unpaired) electrons. The zero-order chi connectivity index (χ0) is 19.4. The fourth-order valence-corrected chi connectivity index (χ4v) is 4.17. The Kier molecular flexibility index (Phi) is 6.59. The van der Waals surface area contributed by atoms with Crippen LogP contribution in [-0.4, -0.2) is 20.2 Å². The highest BCUT2D eigenvalue weighted by Crippen LogP contribution is 2.39. The average Bonchev–Trinajstić information content (AvgIpc) is 2.61. The third-order valence-corrected chi connectivity index (χ3v) is 10.1. The van der Waals surface area contributed by atoms with Crippen LogP contribution in [0.2, 0.25) is 18.1 Å². The molecule has 0 spiro atoms. The smallest absolute Gasteiger partial charge is 0.192 e. The lowest BCUT2D eigenvalue weighted by Crippen LogP contribution is -2.45. The second kappa shape index (κ2) is 8.32. The molecule has 0 unspecified atom stereocenters. The van der Waals surface area contributed by atoms with E-state index in [9.17, 15) is 4.79 Å². The van der Waals surface area contributed by atoms with E-state index in [0.29, 0.717) is 6.42 Å². The van der Waals surface area contributed by atoms with Gasteiger partial charge in [0.2, 0.25) is 0 Å². The highest BCUT2D eigenvalue weighted by molar-refractivity contribution is 6.74. The van der Waals surface area contributed by atoms with Gasteiger partial charge in [-0.1, -0.05) is 88.4 Å². The predicted molar refractivity (Wildman–Crippen MR) is 112 cm³/mol. The van der Waals surface area contributed by atoms with E-state index >= 15 is 0 Å². The minimum atomic E-state index is -1.98. The first kappa shape index (κ1) is 20.6. The van der Waals surface area contributed by atoms with Crippen molar-refractivity contribution in [2.24, 2.45) is 0 Å². The van der Waals surface area contributed by atoms with Gasteiger partial charge in [-0.05, 0) is 23.7 Å². The maximum atomic E-state index is 12.9. The fraction of sp³-hybridized carbons (Fsp3) is 0.435. The molecule has 2 aromatic carbocycles. The Morgan fingerprint density at radius 2 is 1.46 bits per heavy atom. The highest BCUT2D eigenvalue weighted by atomic mass is 28.4. The average molecular weight is 369 g/mol. The van der Waals surface area contributed by atoms with Crippen molar-refractivity contribution in [3.05, 3.63) is 71.8 Å². The standard InChI is InChI=1S/C23H32O2Si/c1-18(19-13-9-7-10-14-19)22(25-26(5,6)23(2,3)4)17-21(24)20-15-11-8-12-16-20/h7-16,18,22H,17H2,1-6H3/t18-,22+/m0/s1. The Hall–Kier alpha value is -1.71. The van der Waals surface area contributed by atoms with E-state index in [4.69, 9.17) is 4.43 Å². The van der Waals surface area contributed by atoms with Crippen LogP contribution in [0.4, 0.5) is 0 Å². The molecule has 3 heteroatoms. The van der Waals surface area contributed by atoms with Crippen LogP contribution < -0.4 is 0 Å². The van der Waals surface area contributed by atoms with Crippen LogP contribution in [0.5, 0.6) is 0 Å². The summed E-state index contributed by atoms with van der Waals surface area (Å²) in [5.74, 6) is 0.315. The van der Waals surface area contributed by atoms with Crippen molar-refractivity contribution < 1.29 is 9.22 Å². The molecule has 0 aliphatic heterocycles. The van der Waals surface area contributed by atoms with Gasteiger partial charge >= 0.3 is 0 Å². The molecule has 0 N–H and O–H groups in total. The second-order valence-corrected chi connectivity index (χ2v) is 13.4. The van der Waals surface area contributed by atoms with Crippen LogP contribution >= 0.6 is 0 Å². The van der Waals surface area contributed by atoms with Crippen LogP contribution in [0, 0.1) is 0 Å². The van der Waals surface area contributed by atoms with Gasteiger partial charge in [-0.2, -0.15) is 0 Å². The van der Waals surface area contributed by atoms with Crippen molar-refractivity contribution in [1.82, 2.24) is 0 Å². The number of benzene rings is 2. The fourth-order valence-electron chi connectivity index (χ4n) is 2.77. The predicted octanol–water partition coefficient (Wildman–Crippen LogP) is 6.45. The monoisotopic (exact) mass is 368 g/mol. The molecule has 0 saturated heterocycles. The molecule has 0 amide bonds.